The largest absolute Gasteiger partial charge is 0.478 e. The first kappa shape index (κ1) is 14.7. The van der Waals surface area contributed by atoms with E-state index in [0.717, 1.165) is 0 Å². The monoisotopic (exact) mass is 292 g/mol. The lowest BCUT2D eigenvalue weighted by molar-refractivity contribution is 0.0698. The number of aromatic carboxylic acids is 1. The predicted molar refractivity (Wildman–Crippen MR) is 69.7 cm³/mol. The lowest BCUT2D eigenvalue weighted by Gasteiger charge is -2.10. The zero-order valence-electron chi connectivity index (χ0n) is 9.60. The average molecular weight is 293 g/mol. The summed E-state index contributed by atoms with van der Waals surface area (Å²) in [6.07, 6.45) is 0. The zero-order chi connectivity index (χ0) is 13.8. The molecule has 0 radical (unpaired) electrons. The highest BCUT2D eigenvalue weighted by atomic mass is 35.5. The number of carboxylic acid groups (broad SMARTS) is 1. The minimum atomic E-state index is -3.33. The molecule has 0 amide bonds. The van der Waals surface area contributed by atoms with Crippen LogP contribution in [0, 0.1) is 0 Å². The molecule has 0 atom stereocenters. The lowest BCUT2D eigenvalue weighted by Crippen LogP contribution is -2.26. The van der Waals surface area contributed by atoms with Crippen LogP contribution in [0.3, 0.4) is 0 Å². The molecule has 0 aliphatic heterocycles. The fourth-order valence-corrected chi connectivity index (χ4v) is 2.14. The highest BCUT2D eigenvalue weighted by Crippen LogP contribution is 2.24. The Kier molecular flexibility index (Phi) is 4.94. The van der Waals surface area contributed by atoms with Crippen molar-refractivity contribution >= 4 is 33.3 Å². The standard InChI is InChI=1S/C10H13ClN2O4S/c1-12-18(16,17)6-5-13-8-4-2-3-7(11)9(8)10(14)15/h2-4,12-13H,5-6H2,1H3,(H,14,15). The van der Waals surface area contributed by atoms with Crippen LogP contribution < -0.4 is 10.0 Å². The summed E-state index contributed by atoms with van der Waals surface area (Å²) in [4.78, 5) is 11.0. The van der Waals surface area contributed by atoms with Gasteiger partial charge in [0.1, 0.15) is 5.56 Å². The van der Waals surface area contributed by atoms with E-state index < -0.39 is 16.0 Å². The minimum Gasteiger partial charge on any atom is -0.478 e. The normalized spacial score (nSPS) is 11.2. The van der Waals surface area contributed by atoms with Crippen LogP contribution in [0.2, 0.25) is 5.02 Å². The Hall–Kier alpha value is -1.31. The number of carbonyl (C=O) groups is 1. The topological polar surface area (TPSA) is 95.5 Å². The maximum absolute atomic E-state index is 11.2. The van der Waals surface area contributed by atoms with E-state index in [-0.39, 0.29) is 22.9 Å². The van der Waals surface area contributed by atoms with Crippen LogP contribution in [0.4, 0.5) is 5.69 Å². The van der Waals surface area contributed by atoms with Gasteiger partial charge in [0.05, 0.1) is 16.5 Å². The van der Waals surface area contributed by atoms with Gasteiger partial charge in [0.2, 0.25) is 10.0 Å². The molecule has 0 heterocycles. The molecule has 1 rings (SSSR count). The molecule has 1 aromatic carbocycles. The Bertz CT molecular complexity index is 545. The third-order valence-corrected chi connectivity index (χ3v) is 3.90. The van der Waals surface area contributed by atoms with Gasteiger partial charge in [-0.1, -0.05) is 17.7 Å². The molecule has 1 aromatic rings. The van der Waals surface area contributed by atoms with Gasteiger partial charge in [-0.25, -0.2) is 17.9 Å². The number of benzene rings is 1. The van der Waals surface area contributed by atoms with Gasteiger partial charge in [-0.2, -0.15) is 0 Å². The number of hydrogen-bond donors (Lipinski definition) is 3. The maximum Gasteiger partial charge on any atom is 0.339 e. The fourth-order valence-electron chi connectivity index (χ4n) is 1.31. The second kappa shape index (κ2) is 6.03. The van der Waals surface area contributed by atoms with Crippen molar-refractivity contribution in [1.29, 1.82) is 0 Å². The van der Waals surface area contributed by atoms with E-state index in [9.17, 15) is 13.2 Å². The summed E-state index contributed by atoms with van der Waals surface area (Å²) >= 11 is 5.77. The molecule has 0 unspecified atom stereocenters. The third-order valence-electron chi connectivity index (χ3n) is 2.22. The van der Waals surface area contributed by atoms with E-state index in [0.29, 0.717) is 5.69 Å². The Morgan fingerprint density at radius 3 is 2.67 bits per heavy atom. The predicted octanol–water partition coefficient (Wildman–Crippen LogP) is 0.999. The molecule has 0 saturated heterocycles. The first-order chi connectivity index (χ1) is 8.37. The van der Waals surface area contributed by atoms with Crippen LogP contribution in [-0.2, 0) is 10.0 Å². The van der Waals surface area contributed by atoms with Crippen LogP contribution in [0.25, 0.3) is 0 Å². The summed E-state index contributed by atoms with van der Waals surface area (Å²) in [5.41, 5.74) is 0.224. The van der Waals surface area contributed by atoms with Crippen molar-refractivity contribution in [2.75, 3.05) is 24.7 Å². The van der Waals surface area contributed by atoms with E-state index in [2.05, 4.69) is 10.0 Å². The SMILES string of the molecule is CNS(=O)(=O)CCNc1cccc(Cl)c1C(=O)O. The molecule has 0 saturated carbocycles. The number of anilines is 1. The fraction of sp³-hybridized carbons (Fsp3) is 0.300. The smallest absolute Gasteiger partial charge is 0.339 e. The van der Waals surface area contributed by atoms with Crippen molar-refractivity contribution in [2.24, 2.45) is 0 Å². The van der Waals surface area contributed by atoms with Gasteiger partial charge in [0.25, 0.3) is 0 Å². The quantitative estimate of drug-likeness (QED) is 0.727. The number of sulfonamides is 1. The van der Waals surface area contributed by atoms with E-state index >= 15 is 0 Å². The summed E-state index contributed by atoms with van der Waals surface area (Å²) in [6.45, 7) is 0.0871. The molecule has 0 spiro atoms. The van der Waals surface area contributed by atoms with Crippen molar-refractivity contribution < 1.29 is 18.3 Å². The van der Waals surface area contributed by atoms with Crippen molar-refractivity contribution in [2.45, 2.75) is 0 Å². The van der Waals surface area contributed by atoms with Crippen molar-refractivity contribution in [3.8, 4) is 0 Å². The van der Waals surface area contributed by atoms with Crippen LogP contribution in [0.15, 0.2) is 18.2 Å². The van der Waals surface area contributed by atoms with Gasteiger partial charge in [-0.05, 0) is 19.2 Å². The average Bonchev–Trinajstić information content (AvgIpc) is 2.28. The first-order valence-corrected chi connectivity index (χ1v) is 7.07. The second-order valence-corrected chi connectivity index (χ2v) is 5.87. The van der Waals surface area contributed by atoms with Gasteiger partial charge in [-0.3, -0.25) is 0 Å². The zero-order valence-corrected chi connectivity index (χ0v) is 11.2. The van der Waals surface area contributed by atoms with Crippen molar-refractivity contribution in [3.63, 3.8) is 0 Å². The summed E-state index contributed by atoms with van der Waals surface area (Å²) in [5.74, 6) is -1.32. The van der Waals surface area contributed by atoms with E-state index in [1.807, 2.05) is 0 Å². The maximum atomic E-state index is 11.2. The number of rotatable bonds is 6. The second-order valence-electron chi connectivity index (χ2n) is 3.42. The molecule has 100 valence electrons. The van der Waals surface area contributed by atoms with Gasteiger partial charge in [0.15, 0.2) is 0 Å². The Labute approximate surface area is 110 Å². The van der Waals surface area contributed by atoms with Gasteiger partial charge >= 0.3 is 5.97 Å². The molecule has 0 aliphatic rings. The number of nitrogens with one attached hydrogen (secondary N) is 2. The van der Waals surface area contributed by atoms with Gasteiger partial charge in [-0.15, -0.1) is 0 Å². The third kappa shape index (κ3) is 3.86. The Morgan fingerprint density at radius 1 is 1.44 bits per heavy atom. The molecule has 0 aliphatic carbocycles. The highest BCUT2D eigenvalue weighted by molar-refractivity contribution is 7.89. The molecule has 6 nitrogen and oxygen atoms in total. The van der Waals surface area contributed by atoms with Gasteiger partial charge in [0, 0.05) is 6.54 Å². The molecule has 18 heavy (non-hydrogen) atoms. The number of hydrogen-bond acceptors (Lipinski definition) is 4. The van der Waals surface area contributed by atoms with Crippen molar-refractivity contribution in [3.05, 3.63) is 28.8 Å². The molecule has 8 heteroatoms. The molecule has 3 N–H and O–H groups in total. The van der Waals surface area contributed by atoms with E-state index in [1.54, 1.807) is 6.07 Å². The molecular weight excluding hydrogens is 280 g/mol. The molecule has 0 fully saturated rings. The first-order valence-electron chi connectivity index (χ1n) is 5.04. The highest BCUT2D eigenvalue weighted by Gasteiger charge is 2.14. The summed E-state index contributed by atoms with van der Waals surface area (Å²) < 4.78 is 24.5. The molecule has 0 bridgehead atoms. The summed E-state index contributed by atoms with van der Waals surface area (Å²) in [7, 11) is -2.01. The summed E-state index contributed by atoms with van der Waals surface area (Å²) in [5, 5.41) is 11.8. The Balaban J connectivity index is 2.80. The van der Waals surface area contributed by atoms with Crippen LogP contribution in [-0.4, -0.2) is 38.8 Å². The summed E-state index contributed by atoms with van der Waals surface area (Å²) in [6, 6.07) is 4.57. The van der Waals surface area contributed by atoms with Crippen molar-refractivity contribution in [1.82, 2.24) is 4.72 Å². The lowest BCUT2D eigenvalue weighted by atomic mass is 10.2. The Morgan fingerprint density at radius 2 is 2.11 bits per heavy atom. The van der Waals surface area contributed by atoms with Gasteiger partial charge < -0.3 is 10.4 Å². The molecule has 0 aromatic heterocycles. The van der Waals surface area contributed by atoms with Crippen LogP contribution in [0.1, 0.15) is 10.4 Å². The number of carboxylic acids is 1. The van der Waals surface area contributed by atoms with E-state index in [1.165, 1.54) is 19.2 Å². The van der Waals surface area contributed by atoms with E-state index in [4.69, 9.17) is 16.7 Å². The molecular formula is C10H13ClN2O4S. The number of halogens is 1. The van der Waals surface area contributed by atoms with Crippen LogP contribution in [0.5, 0.6) is 0 Å². The minimum absolute atomic E-state index is 0.0685. The van der Waals surface area contributed by atoms with Crippen LogP contribution >= 0.6 is 11.6 Å².